The van der Waals surface area contributed by atoms with Crippen LogP contribution in [0.25, 0.3) is 10.4 Å². The van der Waals surface area contributed by atoms with E-state index in [2.05, 4.69) is 10.0 Å². The maximum Gasteiger partial charge on any atom is 0.416 e. The number of benzene rings is 2. The maximum atomic E-state index is 13.2. The summed E-state index contributed by atoms with van der Waals surface area (Å²) in [4.78, 5) is 29.1. The minimum atomic E-state index is -1.56. The first-order chi connectivity index (χ1) is 15.1. The first-order valence-electron chi connectivity index (χ1n) is 9.74. The second-order valence-corrected chi connectivity index (χ2v) is 7.13. The Balaban J connectivity index is 1.58. The number of amides is 2. The molecule has 2 aliphatic heterocycles. The molecular weight excluding hydrogens is 404 g/mol. The quantitative estimate of drug-likeness (QED) is 0.430. The van der Waals surface area contributed by atoms with Gasteiger partial charge >= 0.3 is 6.09 Å². The summed E-state index contributed by atoms with van der Waals surface area (Å²) in [6, 6.07) is 11.9. The van der Waals surface area contributed by atoms with Crippen LogP contribution in [0.1, 0.15) is 17.2 Å². The largest absolute Gasteiger partial charge is 0.486 e. The van der Waals surface area contributed by atoms with E-state index in [1.807, 2.05) is 30.3 Å². The van der Waals surface area contributed by atoms with Crippen molar-refractivity contribution >= 4 is 12.0 Å². The van der Waals surface area contributed by atoms with Crippen LogP contribution >= 0.6 is 0 Å². The SMILES string of the molecule is [N-]=[N+]=NC(C(=O)N1C(=O)OC[C@@H]1Cc1ccccc1)[C@H](O)c1ccc2c(c1)OCCO2. The molecule has 1 saturated heterocycles. The van der Waals surface area contributed by atoms with Gasteiger partial charge in [0, 0.05) is 4.91 Å². The third kappa shape index (κ3) is 4.25. The van der Waals surface area contributed by atoms with Crippen molar-refractivity contribution in [3.05, 3.63) is 70.1 Å². The second kappa shape index (κ2) is 8.95. The van der Waals surface area contributed by atoms with Gasteiger partial charge in [0.05, 0.1) is 12.1 Å². The predicted molar refractivity (Wildman–Crippen MR) is 107 cm³/mol. The number of carbonyl (C=O) groups excluding carboxylic acids is 2. The van der Waals surface area contributed by atoms with Crippen molar-refractivity contribution in [2.45, 2.75) is 24.6 Å². The number of imide groups is 1. The summed E-state index contributed by atoms with van der Waals surface area (Å²) in [5.74, 6) is 0.0981. The molecule has 0 radical (unpaired) electrons. The fourth-order valence-electron chi connectivity index (χ4n) is 3.64. The lowest BCUT2D eigenvalue weighted by Crippen LogP contribution is -2.46. The molecule has 2 aliphatic rings. The van der Waals surface area contributed by atoms with E-state index in [1.165, 1.54) is 6.07 Å². The number of carbonyl (C=O) groups is 2. The second-order valence-electron chi connectivity index (χ2n) is 7.13. The zero-order chi connectivity index (χ0) is 21.8. The highest BCUT2D eigenvalue weighted by Crippen LogP contribution is 2.34. The maximum absolute atomic E-state index is 13.2. The Bertz CT molecular complexity index is 1020. The minimum Gasteiger partial charge on any atom is -0.486 e. The van der Waals surface area contributed by atoms with Gasteiger partial charge in [0.2, 0.25) is 5.91 Å². The molecule has 2 amide bonds. The van der Waals surface area contributed by atoms with Crippen LogP contribution in [-0.2, 0) is 16.0 Å². The van der Waals surface area contributed by atoms with E-state index in [0.29, 0.717) is 36.7 Å². The first-order valence-corrected chi connectivity index (χ1v) is 9.74. The van der Waals surface area contributed by atoms with Crippen molar-refractivity contribution in [2.24, 2.45) is 5.11 Å². The van der Waals surface area contributed by atoms with Crippen LogP contribution in [0.3, 0.4) is 0 Å². The third-order valence-corrected chi connectivity index (χ3v) is 5.15. The molecule has 1 unspecified atom stereocenters. The normalized spacial score (nSPS) is 19.2. The molecule has 1 N–H and O–H groups in total. The van der Waals surface area contributed by atoms with Gasteiger partial charge in [-0.3, -0.25) is 4.79 Å². The number of aliphatic hydroxyl groups is 1. The number of ether oxygens (including phenoxy) is 3. The standard InChI is InChI=1S/C21H20N4O6/c22-24-23-18(19(26)14-6-7-16-17(11-14)30-9-8-29-16)20(27)25-15(12-31-21(25)28)10-13-4-2-1-3-5-13/h1-7,11,15,18-19,26H,8-10,12H2/t15-,18?,19+/m0/s1. The molecule has 10 nitrogen and oxygen atoms in total. The smallest absolute Gasteiger partial charge is 0.416 e. The van der Waals surface area contributed by atoms with Gasteiger partial charge in [-0.1, -0.05) is 41.5 Å². The number of aliphatic hydroxyl groups excluding tert-OH is 1. The molecule has 0 aliphatic carbocycles. The topological polar surface area (TPSA) is 134 Å². The van der Waals surface area contributed by atoms with E-state index in [1.54, 1.807) is 12.1 Å². The highest BCUT2D eigenvalue weighted by molar-refractivity contribution is 5.97. The van der Waals surface area contributed by atoms with Crippen molar-refractivity contribution in [3.63, 3.8) is 0 Å². The van der Waals surface area contributed by atoms with E-state index in [0.717, 1.165) is 10.5 Å². The summed E-state index contributed by atoms with van der Waals surface area (Å²) >= 11 is 0. The number of azide groups is 1. The van der Waals surface area contributed by atoms with Gasteiger partial charge in [0.25, 0.3) is 0 Å². The monoisotopic (exact) mass is 424 g/mol. The summed E-state index contributed by atoms with van der Waals surface area (Å²) in [5, 5.41) is 14.3. The van der Waals surface area contributed by atoms with E-state index >= 15 is 0 Å². The highest BCUT2D eigenvalue weighted by Gasteiger charge is 2.43. The summed E-state index contributed by atoms with van der Waals surface area (Å²) in [6.07, 6.45) is -1.95. The average molecular weight is 424 g/mol. The van der Waals surface area contributed by atoms with Gasteiger partial charge in [-0.25, -0.2) is 9.69 Å². The summed E-state index contributed by atoms with van der Waals surface area (Å²) in [5.41, 5.74) is 10.2. The van der Waals surface area contributed by atoms with Crippen molar-refractivity contribution in [1.82, 2.24) is 4.90 Å². The van der Waals surface area contributed by atoms with Gasteiger partial charge in [-0.2, -0.15) is 0 Å². The Morgan fingerprint density at radius 2 is 1.90 bits per heavy atom. The average Bonchev–Trinajstić information content (AvgIpc) is 3.16. The number of rotatable bonds is 6. The zero-order valence-corrected chi connectivity index (χ0v) is 16.5. The lowest BCUT2D eigenvalue weighted by atomic mass is 9.99. The van der Waals surface area contributed by atoms with Crippen LogP contribution in [0.15, 0.2) is 53.6 Å². The van der Waals surface area contributed by atoms with Crippen LogP contribution in [0.2, 0.25) is 0 Å². The minimum absolute atomic E-state index is 0.0164. The Hall–Kier alpha value is -3.75. The Kier molecular flexibility index (Phi) is 5.92. The molecule has 4 rings (SSSR count). The van der Waals surface area contributed by atoms with Gasteiger partial charge in [0.1, 0.15) is 25.9 Å². The van der Waals surface area contributed by atoms with Crippen LogP contribution in [0.5, 0.6) is 11.5 Å². The first kappa shape index (κ1) is 20.5. The lowest BCUT2D eigenvalue weighted by Gasteiger charge is -2.26. The predicted octanol–water partition coefficient (Wildman–Crippen LogP) is 2.76. The van der Waals surface area contributed by atoms with Crippen molar-refractivity contribution < 1.29 is 28.9 Å². The van der Waals surface area contributed by atoms with Crippen LogP contribution in [0, 0.1) is 0 Å². The molecule has 1 fully saturated rings. The molecule has 31 heavy (non-hydrogen) atoms. The Morgan fingerprint density at radius 1 is 1.16 bits per heavy atom. The van der Waals surface area contributed by atoms with Crippen LogP contribution in [0.4, 0.5) is 4.79 Å². The van der Waals surface area contributed by atoms with Crippen LogP contribution < -0.4 is 9.47 Å². The van der Waals surface area contributed by atoms with E-state index in [-0.39, 0.29) is 6.61 Å². The number of hydrogen-bond donors (Lipinski definition) is 1. The van der Waals surface area contributed by atoms with Gasteiger partial charge in [-0.15, -0.1) is 0 Å². The van der Waals surface area contributed by atoms with E-state index in [9.17, 15) is 14.7 Å². The summed E-state index contributed by atoms with van der Waals surface area (Å²) < 4.78 is 16.0. The van der Waals surface area contributed by atoms with Crippen molar-refractivity contribution in [2.75, 3.05) is 19.8 Å². The molecule has 0 spiro atoms. The molecule has 0 bridgehead atoms. The number of hydrogen-bond acceptors (Lipinski definition) is 7. The van der Waals surface area contributed by atoms with E-state index in [4.69, 9.17) is 19.7 Å². The summed E-state index contributed by atoms with van der Waals surface area (Å²) in [6.45, 7) is 0.781. The molecule has 2 heterocycles. The lowest BCUT2D eigenvalue weighted by molar-refractivity contribution is -0.133. The highest BCUT2D eigenvalue weighted by atomic mass is 16.6. The molecule has 0 saturated carbocycles. The Morgan fingerprint density at radius 3 is 2.65 bits per heavy atom. The fraction of sp³-hybridized carbons (Fsp3) is 0.333. The molecule has 160 valence electrons. The fourth-order valence-corrected chi connectivity index (χ4v) is 3.64. The number of fused-ring (bicyclic) bond motifs is 1. The van der Waals surface area contributed by atoms with E-state index < -0.39 is 30.2 Å². The molecule has 2 aromatic rings. The molecule has 10 heteroatoms. The van der Waals surface area contributed by atoms with Gasteiger partial charge < -0.3 is 19.3 Å². The van der Waals surface area contributed by atoms with Crippen molar-refractivity contribution in [1.29, 1.82) is 0 Å². The molecule has 3 atom stereocenters. The van der Waals surface area contributed by atoms with Gasteiger partial charge in [0.15, 0.2) is 11.5 Å². The van der Waals surface area contributed by atoms with Gasteiger partial charge in [-0.05, 0) is 35.2 Å². The van der Waals surface area contributed by atoms with Crippen LogP contribution in [-0.4, -0.2) is 53.9 Å². The van der Waals surface area contributed by atoms with Crippen molar-refractivity contribution in [3.8, 4) is 11.5 Å². The Labute approximate surface area is 177 Å². The number of nitrogens with zero attached hydrogens (tertiary/aromatic N) is 4. The molecule has 2 aromatic carbocycles. The molecular formula is C21H20N4O6. The zero-order valence-electron chi connectivity index (χ0n) is 16.5. The molecule has 0 aromatic heterocycles. The third-order valence-electron chi connectivity index (χ3n) is 5.15. The number of cyclic esters (lactones) is 1. The summed E-state index contributed by atoms with van der Waals surface area (Å²) in [7, 11) is 0.